The van der Waals surface area contributed by atoms with E-state index in [1.165, 1.54) is 6.08 Å². The Balaban J connectivity index is 2.84. The van der Waals surface area contributed by atoms with Gasteiger partial charge in [0.05, 0.1) is 0 Å². The molecule has 1 rings (SSSR count). The number of hydrogen-bond donors (Lipinski definition) is 2. The zero-order chi connectivity index (χ0) is 12.8. The Morgan fingerprint density at radius 2 is 1.59 bits per heavy atom. The molecule has 0 radical (unpaired) electrons. The largest absolute Gasteiger partial charge is 0.477 e. The van der Waals surface area contributed by atoms with Gasteiger partial charge in [-0.1, -0.05) is 40.2 Å². The highest BCUT2D eigenvalue weighted by Gasteiger charge is 2.13. The molecule has 0 heterocycles. The molecule has 17 heavy (non-hydrogen) atoms. The normalized spacial score (nSPS) is 10.2. The van der Waals surface area contributed by atoms with Crippen molar-refractivity contribution in [3.8, 4) is 0 Å². The van der Waals surface area contributed by atoms with Crippen molar-refractivity contribution in [1.29, 1.82) is 0 Å². The molecular formula is C12H9BrO4. The molecule has 0 unspecified atom stereocenters. The third-order valence-corrected chi connectivity index (χ3v) is 2.41. The summed E-state index contributed by atoms with van der Waals surface area (Å²) in [7, 11) is 0. The molecule has 88 valence electrons. The predicted octanol–water partition coefficient (Wildman–Crippen LogP) is 2.56. The van der Waals surface area contributed by atoms with Gasteiger partial charge in [-0.3, -0.25) is 0 Å². The number of benzene rings is 1. The van der Waals surface area contributed by atoms with Crippen LogP contribution in [0.2, 0.25) is 0 Å². The van der Waals surface area contributed by atoms with E-state index in [4.69, 9.17) is 10.2 Å². The molecule has 0 amide bonds. The number of allylic oxidation sites excluding steroid dienone is 2. The van der Waals surface area contributed by atoms with E-state index in [-0.39, 0.29) is 0 Å². The lowest BCUT2D eigenvalue weighted by Gasteiger charge is -1.93. The minimum atomic E-state index is -1.46. The van der Waals surface area contributed by atoms with Gasteiger partial charge in [0.2, 0.25) is 0 Å². The lowest BCUT2D eigenvalue weighted by Crippen LogP contribution is -2.10. The maximum absolute atomic E-state index is 10.5. The van der Waals surface area contributed by atoms with Crippen molar-refractivity contribution in [3.05, 3.63) is 52.0 Å². The Kier molecular flexibility index (Phi) is 4.66. The molecule has 4 nitrogen and oxygen atoms in total. The van der Waals surface area contributed by atoms with Crippen molar-refractivity contribution in [1.82, 2.24) is 0 Å². The van der Waals surface area contributed by atoms with Gasteiger partial charge in [-0.05, 0) is 23.8 Å². The minimum absolute atomic E-state index is 0.668. The smallest absolute Gasteiger partial charge is 0.343 e. The Hall–Kier alpha value is -1.88. The number of carbonyl (C=O) groups is 2. The summed E-state index contributed by atoms with van der Waals surface area (Å²) in [6.07, 6.45) is 4.06. The average molecular weight is 297 g/mol. The zero-order valence-electron chi connectivity index (χ0n) is 8.63. The molecule has 0 spiro atoms. The van der Waals surface area contributed by atoms with Crippen LogP contribution in [0.4, 0.5) is 0 Å². The predicted molar refractivity (Wildman–Crippen MR) is 66.5 cm³/mol. The first-order valence-electron chi connectivity index (χ1n) is 4.61. The van der Waals surface area contributed by atoms with Crippen LogP contribution in [0, 0.1) is 0 Å². The first kappa shape index (κ1) is 13.2. The standard InChI is InChI=1S/C12H9BrO4/c13-9-6-4-8(5-7-9)2-1-3-10(11(14)15)12(16)17/h1-7H,(H,14,15)(H,16,17)/b2-1+. The summed E-state index contributed by atoms with van der Waals surface area (Å²) in [5.41, 5.74) is 0.179. The summed E-state index contributed by atoms with van der Waals surface area (Å²) < 4.78 is 0.932. The van der Waals surface area contributed by atoms with E-state index >= 15 is 0 Å². The molecule has 0 bridgehead atoms. The highest BCUT2D eigenvalue weighted by atomic mass is 79.9. The van der Waals surface area contributed by atoms with Crippen LogP contribution < -0.4 is 0 Å². The van der Waals surface area contributed by atoms with Crippen molar-refractivity contribution in [2.24, 2.45) is 0 Å². The molecule has 0 atom stereocenters. The Labute approximate surface area is 106 Å². The zero-order valence-corrected chi connectivity index (χ0v) is 10.2. The molecule has 0 aliphatic carbocycles. The van der Waals surface area contributed by atoms with Crippen LogP contribution in [-0.4, -0.2) is 22.2 Å². The van der Waals surface area contributed by atoms with Crippen molar-refractivity contribution in [2.45, 2.75) is 0 Å². The second kappa shape index (κ2) is 6.00. The van der Waals surface area contributed by atoms with Crippen molar-refractivity contribution < 1.29 is 19.8 Å². The maximum atomic E-state index is 10.5. The molecule has 1 aromatic carbocycles. The molecule has 0 saturated heterocycles. The van der Waals surface area contributed by atoms with Gasteiger partial charge in [-0.2, -0.15) is 0 Å². The summed E-state index contributed by atoms with van der Waals surface area (Å²) in [4.78, 5) is 21.1. The van der Waals surface area contributed by atoms with Gasteiger partial charge in [0.15, 0.2) is 0 Å². The van der Waals surface area contributed by atoms with Crippen LogP contribution >= 0.6 is 15.9 Å². The number of halogens is 1. The molecule has 0 aromatic heterocycles. The van der Waals surface area contributed by atoms with Crippen LogP contribution in [-0.2, 0) is 9.59 Å². The summed E-state index contributed by atoms with van der Waals surface area (Å²) in [5, 5.41) is 17.2. The van der Waals surface area contributed by atoms with E-state index in [9.17, 15) is 9.59 Å². The van der Waals surface area contributed by atoms with Crippen LogP contribution in [0.3, 0.4) is 0 Å². The summed E-state index contributed by atoms with van der Waals surface area (Å²) in [6.45, 7) is 0. The van der Waals surface area contributed by atoms with Crippen molar-refractivity contribution in [3.63, 3.8) is 0 Å². The van der Waals surface area contributed by atoms with E-state index in [1.807, 2.05) is 24.3 Å². The Morgan fingerprint density at radius 3 is 2.06 bits per heavy atom. The van der Waals surface area contributed by atoms with Crippen molar-refractivity contribution >= 4 is 33.9 Å². The molecule has 0 fully saturated rings. The van der Waals surface area contributed by atoms with Gasteiger partial charge in [-0.15, -0.1) is 0 Å². The minimum Gasteiger partial charge on any atom is -0.477 e. The second-order valence-electron chi connectivity index (χ2n) is 3.10. The van der Waals surface area contributed by atoms with Crippen molar-refractivity contribution in [2.75, 3.05) is 0 Å². The fraction of sp³-hybridized carbons (Fsp3) is 0. The fourth-order valence-electron chi connectivity index (χ4n) is 1.06. The maximum Gasteiger partial charge on any atom is 0.343 e. The van der Waals surface area contributed by atoms with E-state index < -0.39 is 17.5 Å². The highest BCUT2D eigenvalue weighted by Crippen LogP contribution is 2.11. The number of rotatable bonds is 4. The SMILES string of the molecule is O=C(O)C(=C/C=C/c1ccc(Br)cc1)C(=O)O. The van der Waals surface area contributed by atoms with E-state index in [0.29, 0.717) is 0 Å². The van der Waals surface area contributed by atoms with E-state index in [1.54, 1.807) is 6.08 Å². The second-order valence-corrected chi connectivity index (χ2v) is 4.02. The number of carboxylic acids is 2. The Bertz CT molecular complexity index is 470. The van der Waals surface area contributed by atoms with Gasteiger partial charge in [-0.25, -0.2) is 9.59 Å². The molecular weight excluding hydrogens is 288 g/mol. The number of hydrogen-bond acceptors (Lipinski definition) is 2. The summed E-state index contributed by atoms with van der Waals surface area (Å²) in [5.74, 6) is -2.92. The third kappa shape index (κ3) is 4.24. The van der Waals surface area contributed by atoms with Gasteiger partial charge < -0.3 is 10.2 Å². The molecule has 5 heteroatoms. The van der Waals surface area contributed by atoms with Gasteiger partial charge in [0, 0.05) is 4.47 Å². The topological polar surface area (TPSA) is 74.6 Å². The lowest BCUT2D eigenvalue weighted by molar-refractivity contribution is -0.140. The van der Waals surface area contributed by atoms with Crippen LogP contribution in [0.15, 0.2) is 46.5 Å². The highest BCUT2D eigenvalue weighted by molar-refractivity contribution is 9.10. The van der Waals surface area contributed by atoms with Crippen LogP contribution in [0.1, 0.15) is 5.56 Å². The molecule has 2 N–H and O–H groups in total. The number of aliphatic carboxylic acids is 2. The molecule has 0 saturated carbocycles. The van der Waals surface area contributed by atoms with Gasteiger partial charge in [0.25, 0.3) is 0 Å². The van der Waals surface area contributed by atoms with Gasteiger partial charge >= 0.3 is 11.9 Å². The first-order chi connectivity index (χ1) is 8.00. The summed E-state index contributed by atoms with van der Waals surface area (Å²) >= 11 is 3.28. The monoisotopic (exact) mass is 296 g/mol. The first-order valence-corrected chi connectivity index (χ1v) is 5.40. The lowest BCUT2D eigenvalue weighted by atomic mass is 10.2. The fourth-order valence-corrected chi connectivity index (χ4v) is 1.33. The van der Waals surface area contributed by atoms with Crippen LogP contribution in [0.5, 0.6) is 0 Å². The van der Waals surface area contributed by atoms with Crippen LogP contribution in [0.25, 0.3) is 6.08 Å². The quantitative estimate of drug-likeness (QED) is 0.387. The van der Waals surface area contributed by atoms with E-state index in [2.05, 4.69) is 15.9 Å². The summed E-state index contributed by atoms with van der Waals surface area (Å²) in [6, 6.07) is 7.29. The van der Waals surface area contributed by atoms with E-state index in [0.717, 1.165) is 16.1 Å². The third-order valence-electron chi connectivity index (χ3n) is 1.88. The molecule has 0 aliphatic rings. The number of carboxylic acid groups (broad SMARTS) is 2. The molecule has 0 aliphatic heterocycles. The Morgan fingerprint density at radius 1 is 1.06 bits per heavy atom. The average Bonchev–Trinajstić information content (AvgIpc) is 2.25. The van der Waals surface area contributed by atoms with Gasteiger partial charge in [0.1, 0.15) is 5.57 Å². The molecule has 1 aromatic rings.